The Bertz CT molecular complexity index is 330. The second kappa shape index (κ2) is 4.60. The maximum Gasteiger partial charge on any atom is 0.282 e. The molecule has 1 fully saturated rings. The molecule has 96 valence electrons. The molecule has 5 nitrogen and oxygen atoms in total. The van der Waals surface area contributed by atoms with Gasteiger partial charge in [-0.05, 0) is 5.92 Å². The molecule has 1 rings (SSSR count). The van der Waals surface area contributed by atoms with E-state index >= 15 is 0 Å². The van der Waals surface area contributed by atoms with Crippen LogP contribution in [0.15, 0.2) is 0 Å². The Hall–Kier alpha value is -0.170. The maximum absolute atomic E-state index is 12.1. The summed E-state index contributed by atoms with van der Waals surface area (Å²) in [5.74, 6) is 0.302. The monoisotopic (exact) mass is 249 g/mol. The van der Waals surface area contributed by atoms with Crippen LogP contribution in [0.4, 0.5) is 0 Å². The second-order valence-electron chi connectivity index (χ2n) is 4.75. The van der Waals surface area contributed by atoms with E-state index in [2.05, 4.69) is 0 Å². The van der Waals surface area contributed by atoms with Crippen molar-refractivity contribution in [3.63, 3.8) is 0 Å². The summed E-state index contributed by atoms with van der Waals surface area (Å²) in [6.45, 7) is 9.64. The summed E-state index contributed by atoms with van der Waals surface area (Å²) in [4.78, 5) is 0. The fourth-order valence-corrected chi connectivity index (χ4v) is 3.64. The second-order valence-corrected chi connectivity index (χ2v) is 6.68. The summed E-state index contributed by atoms with van der Waals surface area (Å²) in [5.41, 5.74) is 5.74. The molecule has 0 saturated carbocycles. The minimum atomic E-state index is -3.28. The number of hydrogen-bond acceptors (Lipinski definition) is 3. The molecular formula is C10H23N3O2S. The van der Waals surface area contributed by atoms with Crippen molar-refractivity contribution < 1.29 is 8.42 Å². The quantitative estimate of drug-likeness (QED) is 0.759. The third-order valence-electron chi connectivity index (χ3n) is 3.45. The SMILES string of the molecule is CCN(CC)S(=O)(=O)N1CC(N)(C(C)C)C1. The molecule has 0 spiro atoms. The van der Waals surface area contributed by atoms with E-state index in [1.807, 2.05) is 27.7 Å². The summed E-state index contributed by atoms with van der Waals surface area (Å²) in [5, 5.41) is 0. The zero-order chi connectivity index (χ0) is 12.6. The van der Waals surface area contributed by atoms with Crippen molar-refractivity contribution in [2.75, 3.05) is 26.2 Å². The van der Waals surface area contributed by atoms with E-state index in [9.17, 15) is 8.42 Å². The Kier molecular flexibility index (Phi) is 3.99. The van der Waals surface area contributed by atoms with Crippen LogP contribution in [0.5, 0.6) is 0 Å². The molecule has 0 unspecified atom stereocenters. The van der Waals surface area contributed by atoms with E-state index in [1.165, 1.54) is 8.61 Å². The first-order chi connectivity index (χ1) is 7.28. The average Bonchev–Trinajstić information content (AvgIpc) is 2.13. The van der Waals surface area contributed by atoms with Crippen LogP contribution in [-0.2, 0) is 10.2 Å². The van der Waals surface area contributed by atoms with Gasteiger partial charge in [-0.15, -0.1) is 0 Å². The summed E-state index contributed by atoms with van der Waals surface area (Å²) in [6.07, 6.45) is 0. The molecular weight excluding hydrogens is 226 g/mol. The van der Waals surface area contributed by atoms with Crippen molar-refractivity contribution in [3.8, 4) is 0 Å². The summed E-state index contributed by atoms with van der Waals surface area (Å²) >= 11 is 0. The molecule has 1 heterocycles. The minimum absolute atomic E-state index is 0.302. The van der Waals surface area contributed by atoms with E-state index in [1.54, 1.807) is 0 Å². The van der Waals surface area contributed by atoms with Gasteiger partial charge >= 0.3 is 0 Å². The van der Waals surface area contributed by atoms with Gasteiger partial charge < -0.3 is 5.73 Å². The Morgan fingerprint density at radius 3 is 2.06 bits per heavy atom. The molecule has 0 radical (unpaired) electrons. The van der Waals surface area contributed by atoms with Crippen LogP contribution < -0.4 is 5.73 Å². The standard InChI is InChI=1S/C10H23N3O2S/c1-5-12(6-2)16(14,15)13-7-10(11,8-13)9(3)4/h9H,5-8,11H2,1-4H3. The molecule has 0 aliphatic carbocycles. The van der Waals surface area contributed by atoms with Crippen molar-refractivity contribution in [1.82, 2.24) is 8.61 Å². The molecule has 6 heteroatoms. The van der Waals surface area contributed by atoms with Gasteiger partial charge in [0.15, 0.2) is 0 Å². The van der Waals surface area contributed by atoms with E-state index in [0.717, 1.165) is 0 Å². The van der Waals surface area contributed by atoms with Gasteiger partial charge in [0.25, 0.3) is 10.2 Å². The van der Waals surface area contributed by atoms with E-state index in [4.69, 9.17) is 5.73 Å². The lowest BCUT2D eigenvalue weighted by molar-refractivity contribution is 0.103. The first-order valence-corrected chi connectivity index (χ1v) is 7.21. The zero-order valence-electron chi connectivity index (χ0n) is 10.6. The summed E-state index contributed by atoms with van der Waals surface area (Å²) in [6, 6.07) is 0. The molecule has 1 aliphatic heterocycles. The van der Waals surface area contributed by atoms with Crippen molar-refractivity contribution >= 4 is 10.2 Å². The lowest BCUT2D eigenvalue weighted by atomic mass is 9.82. The first-order valence-electron chi connectivity index (χ1n) is 5.82. The number of nitrogens with two attached hydrogens (primary N) is 1. The predicted molar refractivity (Wildman–Crippen MR) is 65.2 cm³/mol. The molecule has 0 aromatic carbocycles. The molecule has 2 N–H and O–H groups in total. The lowest BCUT2D eigenvalue weighted by Crippen LogP contribution is -2.72. The molecule has 0 aromatic heterocycles. The predicted octanol–water partition coefficient (Wildman–Crippen LogP) is 0.242. The van der Waals surface area contributed by atoms with E-state index < -0.39 is 10.2 Å². The number of nitrogens with zero attached hydrogens (tertiary/aromatic N) is 2. The molecule has 16 heavy (non-hydrogen) atoms. The molecule has 0 amide bonds. The summed E-state index contributed by atoms with van der Waals surface area (Å²) in [7, 11) is -3.28. The van der Waals surface area contributed by atoms with Gasteiger partial charge in [0.2, 0.25) is 0 Å². The van der Waals surface area contributed by atoms with Gasteiger partial charge in [-0.1, -0.05) is 27.7 Å². The highest BCUT2D eigenvalue weighted by Gasteiger charge is 2.48. The topological polar surface area (TPSA) is 66.6 Å². The van der Waals surface area contributed by atoms with Crippen molar-refractivity contribution in [2.24, 2.45) is 11.7 Å². The van der Waals surface area contributed by atoms with Crippen molar-refractivity contribution in [3.05, 3.63) is 0 Å². The highest BCUT2D eigenvalue weighted by Crippen LogP contribution is 2.29. The average molecular weight is 249 g/mol. The fraction of sp³-hybridized carbons (Fsp3) is 1.00. The molecule has 1 saturated heterocycles. The van der Waals surface area contributed by atoms with Crippen LogP contribution in [0.1, 0.15) is 27.7 Å². The Morgan fingerprint density at radius 1 is 1.31 bits per heavy atom. The van der Waals surface area contributed by atoms with Crippen LogP contribution in [0.25, 0.3) is 0 Å². The highest BCUT2D eigenvalue weighted by molar-refractivity contribution is 7.86. The third-order valence-corrected chi connectivity index (χ3v) is 5.53. The Labute approximate surface area is 98.8 Å². The molecule has 1 aliphatic rings. The Morgan fingerprint density at radius 2 is 1.75 bits per heavy atom. The van der Waals surface area contributed by atoms with Crippen LogP contribution in [0.2, 0.25) is 0 Å². The maximum atomic E-state index is 12.1. The first kappa shape index (κ1) is 13.9. The van der Waals surface area contributed by atoms with Crippen LogP contribution in [0, 0.1) is 5.92 Å². The molecule has 0 bridgehead atoms. The van der Waals surface area contributed by atoms with Gasteiger partial charge in [-0.25, -0.2) is 0 Å². The fourth-order valence-electron chi connectivity index (χ4n) is 1.85. The number of rotatable bonds is 5. The van der Waals surface area contributed by atoms with Gasteiger partial charge in [-0.2, -0.15) is 17.0 Å². The third kappa shape index (κ3) is 2.25. The van der Waals surface area contributed by atoms with Crippen LogP contribution in [-0.4, -0.2) is 48.7 Å². The largest absolute Gasteiger partial charge is 0.323 e. The van der Waals surface area contributed by atoms with Gasteiger partial charge in [0.1, 0.15) is 0 Å². The summed E-state index contributed by atoms with van der Waals surface area (Å²) < 4.78 is 27.1. The van der Waals surface area contributed by atoms with Gasteiger partial charge in [0, 0.05) is 31.7 Å². The van der Waals surface area contributed by atoms with Gasteiger partial charge in [-0.3, -0.25) is 0 Å². The smallest absolute Gasteiger partial charge is 0.282 e. The lowest BCUT2D eigenvalue weighted by Gasteiger charge is -2.50. The minimum Gasteiger partial charge on any atom is -0.323 e. The Balaban J connectivity index is 2.70. The van der Waals surface area contributed by atoms with E-state index in [-0.39, 0.29) is 5.54 Å². The normalized spacial score (nSPS) is 21.4. The zero-order valence-corrected chi connectivity index (χ0v) is 11.4. The highest BCUT2D eigenvalue weighted by atomic mass is 32.2. The van der Waals surface area contributed by atoms with Crippen molar-refractivity contribution in [2.45, 2.75) is 33.2 Å². The van der Waals surface area contributed by atoms with Crippen molar-refractivity contribution in [1.29, 1.82) is 0 Å². The molecule has 0 aromatic rings. The van der Waals surface area contributed by atoms with Crippen LogP contribution in [0.3, 0.4) is 0 Å². The van der Waals surface area contributed by atoms with Crippen LogP contribution >= 0.6 is 0 Å². The number of hydrogen-bond donors (Lipinski definition) is 1. The van der Waals surface area contributed by atoms with Gasteiger partial charge in [0.05, 0.1) is 0 Å². The van der Waals surface area contributed by atoms with E-state index in [0.29, 0.717) is 32.1 Å². The molecule has 0 atom stereocenters.